The summed E-state index contributed by atoms with van der Waals surface area (Å²) >= 11 is 0.683. The van der Waals surface area contributed by atoms with E-state index in [0.29, 0.717) is 17.9 Å². The van der Waals surface area contributed by atoms with Gasteiger partial charge in [0.1, 0.15) is 4.21 Å². The average Bonchev–Trinajstić information content (AvgIpc) is 2.72. The lowest BCUT2D eigenvalue weighted by Crippen LogP contribution is -2.29. The summed E-state index contributed by atoms with van der Waals surface area (Å²) in [4.78, 5) is 9.94. The van der Waals surface area contributed by atoms with Crippen LogP contribution < -0.4 is 5.73 Å². The smallest absolute Gasteiger partial charge is 0.304 e. The van der Waals surface area contributed by atoms with Crippen molar-refractivity contribution in [1.29, 1.82) is 0 Å². The maximum absolute atomic E-state index is 12.1. The van der Waals surface area contributed by atoms with Crippen molar-refractivity contribution < 1.29 is 18.1 Å². The van der Waals surface area contributed by atoms with Crippen molar-refractivity contribution in [3.8, 4) is 0 Å². The number of nitrogen functional groups attached to an aromatic ring is 1. The van der Waals surface area contributed by atoms with Crippen LogP contribution in [0.5, 0.6) is 0 Å². The highest BCUT2D eigenvalue weighted by Gasteiger charge is 2.27. The molecule has 8 nitrogen and oxygen atoms in total. The SMILES string of the molecule is CCOCCN(C)S(=O)(=O)c1cc([N+](=O)[O-])c(N)s1. The van der Waals surface area contributed by atoms with Crippen LogP contribution in [0.15, 0.2) is 10.3 Å². The maximum Gasteiger partial charge on any atom is 0.304 e. The van der Waals surface area contributed by atoms with Crippen LogP contribution in [0.3, 0.4) is 0 Å². The molecule has 0 amide bonds. The highest BCUT2D eigenvalue weighted by Crippen LogP contribution is 2.35. The Balaban J connectivity index is 2.94. The molecule has 108 valence electrons. The van der Waals surface area contributed by atoms with Crippen LogP contribution in [-0.4, -0.2) is 44.5 Å². The Morgan fingerprint density at radius 2 is 2.21 bits per heavy atom. The Morgan fingerprint density at radius 3 is 2.68 bits per heavy atom. The van der Waals surface area contributed by atoms with Gasteiger partial charge in [0.05, 0.1) is 11.5 Å². The number of likely N-dealkylation sites (N-methyl/N-ethyl adjacent to an activating group) is 1. The van der Waals surface area contributed by atoms with Crippen LogP contribution in [0.2, 0.25) is 0 Å². The Hall–Kier alpha value is -1.23. The third-order valence-electron chi connectivity index (χ3n) is 2.33. The molecule has 0 saturated carbocycles. The summed E-state index contributed by atoms with van der Waals surface area (Å²) in [5.41, 5.74) is 5.04. The molecule has 0 radical (unpaired) electrons. The molecule has 2 N–H and O–H groups in total. The topological polar surface area (TPSA) is 116 Å². The van der Waals surface area contributed by atoms with Gasteiger partial charge in [-0.2, -0.15) is 4.31 Å². The first-order valence-corrected chi connectivity index (χ1v) is 7.64. The summed E-state index contributed by atoms with van der Waals surface area (Å²) in [6.07, 6.45) is 0. The van der Waals surface area contributed by atoms with Gasteiger partial charge in [0, 0.05) is 26.3 Å². The molecule has 0 atom stereocenters. The van der Waals surface area contributed by atoms with E-state index in [4.69, 9.17) is 10.5 Å². The molecule has 0 aliphatic carbocycles. The fourth-order valence-corrected chi connectivity index (χ4v) is 3.83. The highest BCUT2D eigenvalue weighted by atomic mass is 32.2. The fraction of sp³-hybridized carbons (Fsp3) is 0.556. The molecule has 19 heavy (non-hydrogen) atoms. The van der Waals surface area contributed by atoms with Crippen LogP contribution >= 0.6 is 11.3 Å². The summed E-state index contributed by atoms with van der Waals surface area (Å²) in [6.45, 7) is 2.72. The molecule has 1 aromatic rings. The van der Waals surface area contributed by atoms with E-state index in [9.17, 15) is 18.5 Å². The van der Waals surface area contributed by atoms with Crippen LogP contribution in [0.1, 0.15) is 6.92 Å². The molecule has 0 unspecified atom stereocenters. The standard InChI is InChI=1S/C9H15N3O5S2/c1-3-17-5-4-11(2)19(15,16)8-6-7(12(13)14)9(10)18-8/h6H,3-5,10H2,1-2H3. The van der Waals surface area contributed by atoms with Gasteiger partial charge in [0.2, 0.25) is 0 Å². The molecule has 0 spiro atoms. The van der Waals surface area contributed by atoms with Gasteiger partial charge in [-0.15, -0.1) is 0 Å². The molecule has 0 aliphatic rings. The molecular formula is C9H15N3O5S2. The predicted octanol–water partition coefficient (Wildman–Crippen LogP) is 0.896. The zero-order chi connectivity index (χ0) is 14.6. The monoisotopic (exact) mass is 309 g/mol. The van der Waals surface area contributed by atoms with Gasteiger partial charge >= 0.3 is 5.69 Å². The molecule has 0 aromatic carbocycles. The number of sulfonamides is 1. The van der Waals surface area contributed by atoms with Crippen molar-refractivity contribution in [2.75, 3.05) is 32.5 Å². The number of nitro groups is 1. The van der Waals surface area contributed by atoms with E-state index in [-0.39, 0.29) is 28.0 Å². The van der Waals surface area contributed by atoms with Crippen molar-refractivity contribution in [2.45, 2.75) is 11.1 Å². The maximum atomic E-state index is 12.1. The van der Waals surface area contributed by atoms with Gasteiger partial charge in [-0.05, 0) is 6.92 Å². The van der Waals surface area contributed by atoms with Crippen molar-refractivity contribution >= 4 is 32.0 Å². The molecule has 0 saturated heterocycles. The summed E-state index contributed by atoms with van der Waals surface area (Å²) in [5, 5.41) is 10.5. The van der Waals surface area contributed by atoms with Crippen molar-refractivity contribution in [3.05, 3.63) is 16.2 Å². The summed E-state index contributed by atoms with van der Waals surface area (Å²) in [5.74, 6) is 0. The first-order valence-electron chi connectivity index (χ1n) is 5.38. The zero-order valence-corrected chi connectivity index (χ0v) is 12.2. The van der Waals surface area contributed by atoms with E-state index in [1.54, 1.807) is 6.92 Å². The zero-order valence-electron chi connectivity index (χ0n) is 10.5. The van der Waals surface area contributed by atoms with Gasteiger partial charge < -0.3 is 10.5 Å². The van der Waals surface area contributed by atoms with E-state index in [2.05, 4.69) is 0 Å². The Bertz CT molecular complexity index is 554. The Morgan fingerprint density at radius 1 is 1.58 bits per heavy atom. The minimum absolute atomic E-state index is 0.123. The van der Waals surface area contributed by atoms with E-state index in [1.165, 1.54) is 7.05 Å². The number of rotatable bonds is 7. The second-order valence-electron chi connectivity index (χ2n) is 3.60. The minimum atomic E-state index is -3.77. The number of nitrogens with zero attached hydrogens (tertiary/aromatic N) is 2. The summed E-state index contributed by atoms with van der Waals surface area (Å²) < 4.78 is 30.2. The normalized spacial score (nSPS) is 11.9. The van der Waals surface area contributed by atoms with Gasteiger partial charge in [0.15, 0.2) is 5.00 Å². The van der Waals surface area contributed by atoms with Crippen LogP contribution in [0.25, 0.3) is 0 Å². The second-order valence-corrected chi connectivity index (χ2v) is 6.95. The number of ether oxygens (including phenoxy) is 1. The average molecular weight is 309 g/mol. The predicted molar refractivity (Wildman–Crippen MR) is 71.7 cm³/mol. The van der Waals surface area contributed by atoms with E-state index >= 15 is 0 Å². The third-order valence-corrected chi connectivity index (χ3v) is 5.59. The lowest BCUT2D eigenvalue weighted by atomic mass is 10.5. The largest absolute Gasteiger partial charge is 0.385 e. The van der Waals surface area contributed by atoms with Crippen molar-refractivity contribution in [1.82, 2.24) is 4.31 Å². The highest BCUT2D eigenvalue weighted by molar-refractivity contribution is 7.91. The van der Waals surface area contributed by atoms with Gasteiger partial charge in [-0.1, -0.05) is 11.3 Å². The Labute approximate surface area is 115 Å². The van der Waals surface area contributed by atoms with Gasteiger partial charge in [-0.3, -0.25) is 10.1 Å². The lowest BCUT2D eigenvalue weighted by Gasteiger charge is -2.15. The first-order chi connectivity index (χ1) is 8.80. The second kappa shape index (κ2) is 6.28. The van der Waals surface area contributed by atoms with E-state index in [1.807, 2.05) is 0 Å². The molecule has 10 heteroatoms. The van der Waals surface area contributed by atoms with Gasteiger partial charge in [-0.25, -0.2) is 8.42 Å². The molecule has 0 aliphatic heterocycles. The number of thiophene rings is 1. The molecule has 1 heterocycles. The van der Waals surface area contributed by atoms with Crippen LogP contribution in [-0.2, 0) is 14.8 Å². The van der Waals surface area contributed by atoms with Crippen LogP contribution in [0, 0.1) is 10.1 Å². The number of nitrogens with two attached hydrogens (primary N) is 1. The summed E-state index contributed by atoms with van der Waals surface area (Å²) in [6, 6.07) is 0.979. The minimum Gasteiger partial charge on any atom is -0.385 e. The van der Waals surface area contributed by atoms with Gasteiger partial charge in [0.25, 0.3) is 10.0 Å². The quantitative estimate of drug-likeness (QED) is 0.454. The molecular weight excluding hydrogens is 294 g/mol. The Kier molecular flexibility index (Phi) is 5.23. The molecule has 1 rings (SSSR count). The number of hydrogen-bond donors (Lipinski definition) is 1. The molecule has 0 bridgehead atoms. The van der Waals surface area contributed by atoms with E-state index < -0.39 is 14.9 Å². The number of anilines is 1. The molecule has 1 aromatic heterocycles. The molecule has 0 fully saturated rings. The van der Waals surface area contributed by atoms with Crippen molar-refractivity contribution in [3.63, 3.8) is 0 Å². The van der Waals surface area contributed by atoms with Crippen LogP contribution in [0.4, 0.5) is 10.7 Å². The van der Waals surface area contributed by atoms with Crippen molar-refractivity contribution in [2.24, 2.45) is 0 Å². The number of hydrogen-bond acceptors (Lipinski definition) is 7. The lowest BCUT2D eigenvalue weighted by molar-refractivity contribution is -0.383. The third kappa shape index (κ3) is 3.62. The summed E-state index contributed by atoms with van der Waals surface area (Å²) in [7, 11) is -2.38. The van der Waals surface area contributed by atoms with E-state index in [0.717, 1.165) is 10.4 Å². The fourth-order valence-electron chi connectivity index (χ4n) is 1.25. The first kappa shape index (κ1) is 15.8.